The number of anilines is 1. The zero-order chi connectivity index (χ0) is 18.3. The van der Waals surface area contributed by atoms with Crippen molar-refractivity contribution in [3.05, 3.63) is 44.5 Å². The number of nitrogens with zero attached hydrogens (tertiary/aromatic N) is 2. The van der Waals surface area contributed by atoms with E-state index in [-0.39, 0.29) is 12.5 Å². The van der Waals surface area contributed by atoms with Gasteiger partial charge in [-0.1, -0.05) is 23.2 Å². The fraction of sp³-hybridized carbons (Fsp3) is 0.333. The summed E-state index contributed by atoms with van der Waals surface area (Å²) in [6.07, 6.45) is 3.53. The summed E-state index contributed by atoms with van der Waals surface area (Å²) in [5.74, 6) is -0.0951. The third kappa shape index (κ3) is 3.34. The third-order valence-corrected chi connectivity index (χ3v) is 6.14. The van der Waals surface area contributed by atoms with Crippen molar-refractivity contribution in [1.82, 2.24) is 14.9 Å². The highest BCUT2D eigenvalue weighted by Crippen LogP contribution is 2.34. The van der Waals surface area contributed by atoms with Crippen LogP contribution in [-0.2, 0) is 24.2 Å². The summed E-state index contributed by atoms with van der Waals surface area (Å²) >= 11 is 14.0. The van der Waals surface area contributed by atoms with Crippen LogP contribution in [-0.4, -0.2) is 28.5 Å². The average molecular weight is 409 g/mol. The second kappa shape index (κ2) is 7.19. The number of halogens is 2. The molecule has 3 aromatic rings. The minimum atomic E-state index is -0.0951. The minimum Gasteiger partial charge on any atom is -0.335 e. The Morgan fingerprint density at radius 1 is 1.31 bits per heavy atom. The normalized spacial score (nSPS) is 14.3. The lowest BCUT2D eigenvalue weighted by molar-refractivity contribution is -0.116. The summed E-state index contributed by atoms with van der Waals surface area (Å²) in [6.45, 7) is 3.99. The van der Waals surface area contributed by atoms with Gasteiger partial charge in [0.25, 0.3) is 0 Å². The van der Waals surface area contributed by atoms with Crippen LogP contribution >= 0.6 is 34.5 Å². The molecule has 0 aliphatic carbocycles. The summed E-state index contributed by atoms with van der Waals surface area (Å²) < 4.78 is 2.07. The molecule has 26 heavy (non-hydrogen) atoms. The first-order valence-electron chi connectivity index (χ1n) is 8.45. The molecule has 0 atom stereocenters. The topological polar surface area (TPSA) is 59.0 Å². The van der Waals surface area contributed by atoms with Crippen molar-refractivity contribution in [2.75, 3.05) is 18.4 Å². The molecular weight excluding hydrogens is 391 g/mol. The van der Waals surface area contributed by atoms with Gasteiger partial charge in [-0.15, -0.1) is 11.3 Å². The largest absolute Gasteiger partial charge is 0.335 e. The Kier molecular flexibility index (Phi) is 4.92. The Morgan fingerprint density at radius 3 is 2.85 bits per heavy atom. The molecule has 8 heteroatoms. The van der Waals surface area contributed by atoms with E-state index in [1.54, 1.807) is 6.20 Å². The SMILES string of the molecule is Cc1cnc(NC(=O)Cn2c3c(c4cc(Cl)c(Cl)cc42)CCNCC3)s1. The van der Waals surface area contributed by atoms with Crippen LogP contribution in [0.2, 0.25) is 10.0 Å². The number of hydrogen-bond acceptors (Lipinski definition) is 4. The van der Waals surface area contributed by atoms with Gasteiger partial charge in [0.1, 0.15) is 6.54 Å². The number of amides is 1. The van der Waals surface area contributed by atoms with Crippen molar-refractivity contribution in [3.8, 4) is 0 Å². The molecule has 2 N–H and O–H groups in total. The Balaban J connectivity index is 1.74. The van der Waals surface area contributed by atoms with Crippen LogP contribution in [0.25, 0.3) is 10.9 Å². The maximum Gasteiger partial charge on any atom is 0.246 e. The molecule has 136 valence electrons. The predicted octanol–water partition coefficient (Wildman–Crippen LogP) is 4.04. The van der Waals surface area contributed by atoms with E-state index < -0.39 is 0 Å². The number of aryl methyl sites for hydroxylation is 1. The number of fused-ring (bicyclic) bond motifs is 3. The van der Waals surface area contributed by atoms with Crippen molar-refractivity contribution < 1.29 is 4.79 Å². The summed E-state index contributed by atoms with van der Waals surface area (Å²) in [5, 5.41) is 9.05. The van der Waals surface area contributed by atoms with Gasteiger partial charge in [0.15, 0.2) is 5.13 Å². The monoisotopic (exact) mass is 408 g/mol. The van der Waals surface area contributed by atoms with E-state index >= 15 is 0 Å². The van der Waals surface area contributed by atoms with Gasteiger partial charge in [0.05, 0.1) is 15.6 Å². The second-order valence-electron chi connectivity index (χ2n) is 6.37. The summed E-state index contributed by atoms with van der Waals surface area (Å²) in [5.41, 5.74) is 3.38. The van der Waals surface area contributed by atoms with Crippen molar-refractivity contribution in [3.63, 3.8) is 0 Å². The lowest BCUT2D eigenvalue weighted by atomic mass is 10.1. The number of thiazole rings is 1. The molecule has 1 amide bonds. The number of hydrogen-bond donors (Lipinski definition) is 2. The van der Waals surface area contributed by atoms with Gasteiger partial charge < -0.3 is 15.2 Å². The molecule has 0 spiro atoms. The van der Waals surface area contributed by atoms with E-state index in [0.717, 1.165) is 41.7 Å². The zero-order valence-electron chi connectivity index (χ0n) is 14.2. The molecule has 2 aromatic heterocycles. The standard InChI is InChI=1S/C18H18Cl2N4OS/c1-10-8-22-18(26-10)23-17(25)9-24-15-3-5-21-4-2-11(15)12-6-13(19)14(20)7-16(12)24/h6-8,21H,2-5,9H2,1H3,(H,22,23,25). The minimum absolute atomic E-state index is 0.0951. The predicted molar refractivity (Wildman–Crippen MR) is 108 cm³/mol. The van der Waals surface area contributed by atoms with Crippen LogP contribution < -0.4 is 10.6 Å². The van der Waals surface area contributed by atoms with Crippen LogP contribution in [0.1, 0.15) is 16.1 Å². The van der Waals surface area contributed by atoms with Crippen LogP contribution in [0.5, 0.6) is 0 Å². The molecule has 0 radical (unpaired) electrons. The molecular formula is C18H18Cl2N4OS. The van der Waals surface area contributed by atoms with Crippen molar-refractivity contribution >= 4 is 56.5 Å². The summed E-state index contributed by atoms with van der Waals surface area (Å²) in [7, 11) is 0. The summed E-state index contributed by atoms with van der Waals surface area (Å²) in [4.78, 5) is 17.9. The molecule has 0 unspecified atom stereocenters. The molecule has 0 saturated carbocycles. The maximum atomic E-state index is 12.6. The van der Waals surface area contributed by atoms with Gasteiger partial charge in [0.2, 0.25) is 5.91 Å². The molecule has 1 aliphatic rings. The van der Waals surface area contributed by atoms with E-state index in [1.165, 1.54) is 22.6 Å². The van der Waals surface area contributed by atoms with E-state index in [4.69, 9.17) is 23.2 Å². The highest BCUT2D eigenvalue weighted by molar-refractivity contribution is 7.15. The molecule has 3 heterocycles. The number of carbonyl (C=O) groups is 1. The van der Waals surface area contributed by atoms with E-state index in [9.17, 15) is 4.79 Å². The van der Waals surface area contributed by atoms with Crippen LogP contribution in [0.4, 0.5) is 5.13 Å². The van der Waals surface area contributed by atoms with Gasteiger partial charge >= 0.3 is 0 Å². The number of benzene rings is 1. The van der Waals surface area contributed by atoms with Crippen molar-refractivity contribution in [1.29, 1.82) is 0 Å². The fourth-order valence-corrected chi connectivity index (χ4v) is 4.47. The second-order valence-corrected chi connectivity index (χ2v) is 8.42. The quantitative estimate of drug-likeness (QED) is 0.687. The maximum absolute atomic E-state index is 12.6. The molecule has 1 aliphatic heterocycles. The Labute approximate surface area is 165 Å². The number of rotatable bonds is 3. The van der Waals surface area contributed by atoms with Gasteiger partial charge in [-0.2, -0.15) is 0 Å². The Hall–Kier alpha value is -1.60. The molecule has 0 fully saturated rings. The summed E-state index contributed by atoms with van der Waals surface area (Å²) in [6, 6.07) is 3.78. The first-order valence-corrected chi connectivity index (χ1v) is 10.0. The highest BCUT2D eigenvalue weighted by atomic mass is 35.5. The number of aromatic nitrogens is 2. The molecule has 1 aromatic carbocycles. The molecule has 0 bridgehead atoms. The lowest BCUT2D eigenvalue weighted by Crippen LogP contribution is -2.21. The first-order chi connectivity index (χ1) is 12.5. The lowest BCUT2D eigenvalue weighted by Gasteiger charge is -2.11. The molecule has 4 rings (SSSR count). The molecule has 0 saturated heterocycles. The zero-order valence-corrected chi connectivity index (χ0v) is 16.6. The van der Waals surface area contributed by atoms with E-state index in [2.05, 4.69) is 20.2 Å². The van der Waals surface area contributed by atoms with Gasteiger partial charge in [-0.25, -0.2) is 4.98 Å². The fourth-order valence-electron chi connectivity index (χ4n) is 3.47. The van der Waals surface area contributed by atoms with Gasteiger partial charge in [0, 0.05) is 35.1 Å². The van der Waals surface area contributed by atoms with Crippen LogP contribution in [0.15, 0.2) is 18.3 Å². The Bertz CT molecular complexity index is 995. The third-order valence-electron chi connectivity index (χ3n) is 4.59. The van der Waals surface area contributed by atoms with Crippen LogP contribution in [0, 0.1) is 6.92 Å². The van der Waals surface area contributed by atoms with Crippen LogP contribution in [0.3, 0.4) is 0 Å². The molecule has 5 nitrogen and oxygen atoms in total. The van der Waals surface area contributed by atoms with Gasteiger partial charge in [-0.05, 0) is 37.6 Å². The average Bonchev–Trinajstić information content (AvgIpc) is 3.00. The van der Waals surface area contributed by atoms with E-state index in [0.29, 0.717) is 15.2 Å². The Morgan fingerprint density at radius 2 is 2.08 bits per heavy atom. The first kappa shape index (κ1) is 17.8. The van der Waals surface area contributed by atoms with Gasteiger partial charge in [-0.3, -0.25) is 4.79 Å². The number of nitrogens with one attached hydrogen (secondary N) is 2. The van der Waals surface area contributed by atoms with E-state index in [1.807, 2.05) is 19.1 Å². The highest BCUT2D eigenvalue weighted by Gasteiger charge is 2.21. The van der Waals surface area contributed by atoms with Crippen molar-refractivity contribution in [2.24, 2.45) is 0 Å². The number of carbonyl (C=O) groups excluding carboxylic acids is 1. The van der Waals surface area contributed by atoms with Crippen molar-refractivity contribution in [2.45, 2.75) is 26.3 Å². The smallest absolute Gasteiger partial charge is 0.246 e.